The summed E-state index contributed by atoms with van der Waals surface area (Å²) < 4.78 is 30.1. The van der Waals surface area contributed by atoms with E-state index in [2.05, 4.69) is 85.9 Å². The molecule has 4 fully saturated rings. The molecule has 0 unspecified atom stereocenters. The van der Waals surface area contributed by atoms with Crippen LogP contribution < -0.4 is 66.3 Å². The van der Waals surface area contributed by atoms with Gasteiger partial charge in [0.25, 0.3) is 28.1 Å². The standard InChI is InChI=1S/C23H22N6O3.C21H17N7O2.C21H20N6O4S.C21H20N6O2S/c1-13(30)10-15-3-2-14(11-25-15)18-4-5-19-20(27-18)21-17(12-26-19)22(31)28-23(32)29(21)16-6-8-24-9-7-16;1-22-17-5-2-12(10-25-17)15-3-4-16-18(26-15)19-14(11-24-16)20(29)27-21(30)28(19)13-6-8-23-9-7-13;1-32(30,31)17-5-2-12(10-24-17)15-3-4-16-18(25-15)19-14(11-23-16)20(28)26-21(29)27(19)13-6-8-22-9-7-13;1-30-17-5-2-12(10-24-17)15-3-4-16-18(25-15)19-14(11-23-16)20(28)26-21(29)27(19)13-6-8-22-9-7-13/h2-5,11-12,16,24H,6-10H2,1H3,(H,28,31,32);2-5,10-11,13,23H,6-9H2,(H,27,29,30);2-5,10-11,13,22H,6-9H2,1H3,(H,26,28,29);2-5,10-11,13,22H,6-9H2,1H3,(H,26,28,29). The van der Waals surface area contributed by atoms with E-state index < -0.39 is 54.8 Å². The van der Waals surface area contributed by atoms with Gasteiger partial charge in [-0.3, -0.25) is 87.1 Å². The first-order valence-electron chi connectivity index (χ1n) is 40.2. The van der Waals surface area contributed by atoms with Crippen molar-refractivity contribution in [1.29, 1.82) is 0 Å². The van der Waals surface area contributed by atoms with Crippen LogP contribution in [-0.4, -0.2) is 177 Å². The van der Waals surface area contributed by atoms with Crippen LogP contribution in [0.3, 0.4) is 0 Å². The number of carbonyl (C=O) groups excluding carboxylic acids is 1. The summed E-state index contributed by atoms with van der Waals surface area (Å²) in [7, 11) is -3.42. The fourth-order valence-electron chi connectivity index (χ4n) is 16.4. The Morgan fingerprint density at radius 3 is 0.960 bits per heavy atom. The first kappa shape index (κ1) is 82.2. The van der Waals surface area contributed by atoms with Crippen molar-refractivity contribution in [1.82, 2.24) is 119 Å². The molecule has 0 spiro atoms. The smallest absolute Gasteiger partial charge is 0.329 e. The Bertz CT molecular complexity index is 7600. The number of rotatable bonds is 12. The van der Waals surface area contributed by atoms with Crippen molar-refractivity contribution < 1.29 is 13.2 Å². The first-order chi connectivity index (χ1) is 60.1. The number of hydrogen-bond donors (Lipinski definition) is 8. The highest BCUT2D eigenvalue weighted by atomic mass is 32.2. The Balaban J connectivity index is 0.000000117. The van der Waals surface area contributed by atoms with Crippen molar-refractivity contribution in [2.75, 3.05) is 64.9 Å². The van der Waals surface area contributed by atoms with E-state index in [1.165, 1.54) is 44.0 Å². The van der Waals surface area contributed by atoms with E-state index in [0.29, 0.717) is 122 Å². The highest BCUT2D eigenvalue weighted by Gasteiger charge is 2.28. The summed E-state index contributed by atoms with van der Waals surface area (Å²) in [6.07, 6.45) is 22.1. The topological polar surface area (TPSA) is 478 Å². The molecule has 0 radical (unpaired) electrons. The van der Waals surface area contributed by atoms with E-state index in [4.69, 9.17) is 26.5 Å². The zero-order valence-electron chi connectivity index (χ0n) is 67.1. The number of carbonyl (C=O) groups is 1. The largest absolute Gasteiger partial charge is 0.361 e. The van der Waals surface area contributed by atoms with Crippen LogP contribution in [0, 0.1) is 6.57 Å². The molecule has 20 heterocycles. The average molecular weight is 1700 g/mol. The quantitative estimate of drug-likeness (QED) is 0.0338. The van der Waals surface area contributed by atoms with Crippen LogP contribution in [0.4, 0.5) is 5.82 Å². The lowest BCUT2D eigenvalue weighted by atomic mass is 10.1. The Morgan fingerprint density at radius 1 is 0.395 bits per heavy atom. The second-order valence-corrected chi connectivity index (χ2v) is 33.3. The normalized spacial score (nSPS) is 15.0. The zero-order valence-corrected chi connectivity index (χ0v) is 68.7. The second kappa shape index (κ2) is 35.2. The molecule has 0 bridgehead atoms. The van der Waals surface area contributed by atoms with Gasteiger partial charge < -0.3 is 26.1 Å². The SMILES string of the molecule is CC(=O)Cc1ccc(-c2ccc3ncc4c(=O)[nH]c(=O)n(C5CCNCC5)c4c3n2)cn1.CS(=O)(=O)c1ccc(-c2ccc3ncc4c(=O)[nH]c(=O)n(C5CCNCC5)c4c3n2)cn1.CSc1ccc(-c2ccc3ncc4c(=O)[nH]c(=O)n(C5CCNCC5)c4c3n2)cn1.[C-]#[N+]c1ccc(-c2ccc3ncc4c(=O)[nH]c(=O)n(C5CCNCC5)c4c3n2)cn1. The maximum Gasteiger partial charge on any atom is 0.329 e. The fraction of sp³-hybridized carbons (Fsp3) is 0.279. The molecule has 16 aromatic heterocycles. The summed E-state index contributed by atoms with van der Waals surface area (Å²) in [5, 5.41) is 15.5. The molecule has 20 rings (SSSR count). The molecule has 626 valence electrons. The summed E-state index contributed by atoms with van der Waals surface area (Å²) in [4.78, 5) is 180. The number of ketones is 1. The van der Waals surface area contributed by atoms with E-state index in [9.17, 15) is 51.6 Å². The third-order valence-electron chi connectivity index (χ3n) is 22.5. The van der Waals surface area contributed by atoms with Gasteiger partial charge in [0, 0.05) is 108 Å². The highest BCUT2D eigenvalue weighted by molar-refractivity contribution is 7.98. The van der Waals surface area contributed by atoms with E-state index >= 15 is 0 Å². The lowest BCUT2D eigenvalue weighted by molar-refractivity contribution is -0.116. The second-order valence-electron chi connectivity index (χ2n) is 30.5. The van der Waals surface area contributed by atoms with Gasteiger partial charge in [-0.1, -0.05) is 12.6 Å². The van der Waals surface area contributed by atoms with Crippen LogP contribution in [0.15, 0.2) is 195 Å². The number of piperidine rings is 4. The van der Waals surface area contributed by atoms with Crippen molar-refractivity contribution in [2.45, 2.75) is 98.9 Å². The molecule has 4 aliphatic heterocycles. The van der Waals surface area contributed by atoms with Gasteiger partial charge in [0.15, 0.2) is 14.9 Å². The van der Waals surface area contributed by atoms with Crippen LogP contribution >= 0.6 is 11.8 Å². The Hall–Kier alpha value is -14.1. The molecule has 0 atom stereocenters. The van der Waals surface area contributed by atoms with Crippen LogP contribution in [0.25, 0.3) is 138 Å². The maximum atomic E-state index is 12.9. The molecule has 4 aliphatic rings. The number of pyridine rings is 12. The predicted octanol–water partition coefficient (Wildman–Crippen LogP) is 7.29. The van der Waals surface area contributed by atoms with Crippen molar-refractivity contribution in [3.63, 3.8) is 0 Å². The molecule has 4 saturated heterocycles. The number of hydrogen-bond acceptors (Lipinski definition) is 28. The molecule has 8 N–H and O–H groups in total. The summed E-state index contributed by atoms with van der Waals surface area (Å²) in [6, 6.07) is 28.5. The number of thioether (sulfide) groups is 1. The number of aromatic nitrogens is 20. The number of nitrogens with zero attached hydrogens (tertiary/aromatic N) is 17. The molecule has 124 heavy (non-hydrogen) atoms. The van der Waals surface area contributed by atoms with Crippen molar-refractivity contribution in [2.24, 2.45) is 0 Å². The van der Waals surface area contributed by atoms with Gasteiger partial charge in [-0.05, 0) is 208 Å². The minimum atomic E-state index is -3.42. The van der Waals surface area contributed by atoms with E-state index in [-0.39, 0.29) is 41.4 Å². The molecule has 36 nitrogen and oxygen atoms in total. The average Bonchev–Trinajstić information content (AvgIpc) is 0.758. The van der Waals surface area contributed by atoms with Crippen LogP contribution in [-0.2, 0) is 21.1 Å². The Labute approximate surface area is 705 Å². The zero-order chi connectivity index (χ0) is 86.0. The van der Waals surface area contributed by atoms with Gasteiger partial charge >= 0.3 is 22.8 Å². The molecule has 38 heteroatoms. The van der Waals surface area contributed by atoms with Crippen molar-refractivity contribution in [3.05, 3.63) is 247 Å². The third-order valence-corrected chi connectivity index (χ3v) is 24.2. The number of nitrogens with one attached hydrogen (secondary N) is 8. The number of H-pyrrole nitrogens is 4. The summed E-state index contributed by atoms with van der Waals surface area (Å²) >= 11 is 1.58. The van der Waals surface area contributed by atoms with Crippen molar-refractivity contribution in [3.8, 4) is 45.0 Å². The van der Waals surface area contributed by atoms with E-state index in [1.807, 2.05) is 60.9 Å². The van der Waals surface area contributed by atoms with Crippen LogP contribution in [0.1, 0.15) is 88.2 Å². The number of sulfone groups is 1. The van der Waals surface area contributed by atoms with Gasteiger partial charge in [-0.25, -0.2) is 57.5 Å². The first-order valence-corrected chi connectivity index (χ1v) is 43.3. The summed E-state index contributed by atoms with van der Waals surface area (Å²) in [5.74, 6) is 0.352. The van der Waals surface area contributed by atoms with Gasteiger partial charge in [0.05, 0.1) is 93.5 Å². The Kier molecular flexibility index (Phi) is 23.3. The Morgan fingerprint density at radius 2 is 0.702 bits per heavy atom. The van der Waals surface area contributed by atoms with Gasteiger partial charge in [0.2, 0.25) is 0 Å². The third kappa shape index (κ3) is 16.7. The summed E-state index contributed by atoms with van der Waals surface area (Å²) in [5.41, 5.74) is 9.07. The van der Waals surface area contributed by atoms with Crippen LogP contribution in [0.2, 0.25) is 0 Å². The lowest BCUT2D eigenvalue weighted by Crippen LogP contribution is -2.38. The molecule has 0 saturated carbocycles. The number of fused-ring (bicyclic) bond motifs is 12. The number of Topliss-reactive ketones (excluding diaryl/α,β-unsaturated/α-hetero) is 1. The summed E-state index contributed by atoms with van der Waals surface area (Å²) in [6.45, 7) is 15.0. The molecule has 0 aliphatic carbocycles. The minimum Gasteiger partial charge on any atom is -0.361 e. The maximum absolute atomic E-state index is 12.9. The van der Waals surface area contributed by atoms with Gasteiger partial charge in [0.1, 0.15) is 34.0 Å². The molecule has 0 amide bonds. The monoisotopic (exact) mass is 1700 g/mol. The van der Waals surface area contributed by atoms with Gasteiger partial charge in [-0.15, -0.1) is 16.7 Å². The molecule has 16 aromatic rings. The molecule has 0 aromatic carbocycles. The minimum absolute atomic E-state index is 0.00307. The predicted molar refractivity (Wildman–Crippen MR) is 471 cm³/mol. The molecular formula is C86H79N25O11S2. The van der Waals surface area contributed by atoms with Crippen LogP contribution in [0.5, 0.6) is 0 Å². The van der Waals surface area contributed by atoms with Gasteiger partial charge in [-0.2, -0.15) is 0 Å². The highest BCUT2D eigenvalue weighted by Crippen LogP contribution is 2.34. The van der Waals surface area contributed by atoms with Crippen molar-refractivity contribution >= 4 is 121 Å². The fourth-order valence-corrected chi connectivity index (χ4v) is 17.3. The lowest BCUT2D eigenvalue weighted by Gasteiger charge is -2.26. The van der Waals surface area contributed by atoms with E-state index in [0.717, 1.165) is 137 Å². The number of aromatic amines is 4. The van der Waals surface area contributed by atoms with E-state index in [1.54, 1.807) is 85.0 Å². The molecular weight excluding hydrogens is 1620 g/mol.